The van der Waals surface area contributed by atoms with Gasteiger partial charge in [-0.15, -0.1) is 0 Å². The summed E-state index contributed by atoms with van der Waals surface area (Å²) in [6.07, 6.45) is 1.71. The average Bonchev–Trinajstić information content (AvgIpc) is 3.13. The van der Waals surface area contributed by atoms with Gasteiger partial charge in [-0.05, 0) is 48.0 Å². The van der Waals surface area contributed by atoms with E-state index in [0.717, 1.165) is 11.3 Å². The van der Waals surface area contributed by atoms with Crippen LogP contribution in [0.25, 0.3) is 5.69 Å². The molecular weight excluding hydrogens is 371 g/mol. The van der Waals surface area contributed by atoms with Gasteiger partial charge in [0, 0.05) is 23.0 Å². The quantitative estimate of drug-likeness (QED) is 0.655. The van der Waals surface area contributed by atoms with Crippen molar-refractivity contribution in [3.05, 3.63) is 92.8 Å². The van der Waals surface area contributed by atoms with Gasteiger partial charge in [-0.1, -0.05) is 35.3 Å². The highest BCUT2D eigenvalue weighted by Crippen LogP contribution is 2.34. The van der Waals surface area contributed by atoms with Crippen molar-refractivity contribution in [2.75, 3.05) is 18.2 Å². The summed E-state index contributed by atoms with van der Waals surface area (Å²) in [6, 6.07) is 18.5. The molecule has 4 nitrogen and oxygen atoms in total. The maximum atomic E-state index is 12.0. The summed E-state index contributed by atoms with van der Waals surface area (Å²) in [5.41, 5.74) is 2.62. The molecule has 26 heavy (non-hydrogen) atoms. The Hall–Kier alpha value is -2.27. The Kier molecular flexibility index (Phi) is 4.72. The second-order valence-corrected chi connectivity index (χ2v) is 6.93. The molecule has 0 bridgehead atoms. The lowest BCUT2D eigenvalue weighted by Crippen LogP contribution is -2.23. The number of rotatable bonds is 3. The third-order valence-electron chi connectivity index (χ3n) is 4.48. The van der Waals surface area contributed by atoms with Gasteiger partial charge >= 0.3 is 0 Å². The monoisotopic (exact) mass is 386 g/mol. The van der Waals surface area contributed by atoms with Crippen molar-refractivity contribution in [1.29, 1.82) is 0 Å². The number of nitrogens with zero attached hydrogens (tertiary/aromatic N) is 2. The van der Waals surface area contributed by atoms with Crippen LogP contribution in [0.15, 0.2) is 71.7 Å². The number of aromatic nitrogens is 1. The Labute approximate surface area is 161 Å². The minimum absolute atomic E-state index is 0.0511. The number of pyridine rings is 1. The molecule has 1 aromatic heterocycles. The zero-order chi connectivity index (χ0) is 18.1. The smallest absolute Gasteiger partial charge is 0.255 e. The third kappa shape index (κ3) is 3.23. The van der Waals surface area contributed by atoms with E-state index in [1.54, 1.807) is 18.3 Å². The average molecular weight is 387 g/mol. The summed E-state index contributed by atoms with van der Waals surface area (Å²) >= 11 is 12.5. The zero-order valence-electron chi connectivity index (χ0n) is 13.8. The van der Waals surface area contributed by atoms with Crippen LogP contribution in [0.2, 0.25) is 10.0 Å². The summed E-state index contributed by atoms with van der Waals surface area (Å²) in [7, 11) is 0. The molecule has 0 amide bonds. The third-order valence-corrected chi connectivity index (χ3v) is 5.03. The molecule has 1 fully saturated rings. The van der Waals surface area contributed by atoms with Gasteiger partial charge in [0.05, 0.1) is 23.4 Å². The number of anilines is 1. The summed E-state index contributed by atoms with van der Waals surface area (Å²) in [6.45, 7) is 1.08. The molecule has 1 saturated heterocycles. The van der Waals surface area contributed by atoms with Crippen LogP contribution in [-0.4, -0.2) is 17.9 Å². The fourth-order valence-corrected chi connectivity index (χ4v) is 3.56. The van der Waals surface area contributed by atoms with Gasteiger partial charge in [-0.2, -0.15) is 0 Å². The normalized spacial score (nSPS) is 16.8. The molecule has 132 valence electrons. The largest absolute Gasteiger partial charge is 0.359 e. The fourth-order valence-electron chi connectivity index (χ4n) is 3.16. The number of hydrogen-bond donors (Lipinski definition) is 0. The molecule has 3 aromatic rings. The molecule has 0 N–H and O–H groups in total. The number of benzene rings is 2. The predicted octanol–water partition coefficient (Wildman–Crippen LogP) is 4.68. The first-order valence-corrected chi connectivity index (χ1v) is 8.96. The van der Waals surface area contributed by atoms with Crippen LogP contribution in [0.1, 0.15) is 11.6 Å². The first kappa shape index (κ1) is 17.2. The topological polar surface area (TPSA) is 34.5 Å². The molecule has 1 atom stereocenters. The first-order valence-electron chi connectivity index (χ1n) is 8.21. The van der Waals surface area contributed by atoms with E-state index in [1.165, 1.54) is 10.6 Å². The highest BCUT2D eigenvalue weighted by Gasteiger charge is 2.27. The maximum Gasteiger partial charge on any atom is 0.255 e. The Balaban J connectivity index is 1.67. The lowest BCUT2D eigenvalue weighted by atomic mass is 10.1. The molecule has 1 unspecified atom stereocenters. The van der Waals surface area contributed by atoms with E-state index < -0.39 is 0 Å². The summed E-state index contributed by atoms with van der Waals surface area (Å²) in [5, 5.41) is 1.23. The van der Waals surface area contributed by atoms with Crippen LogP contribution in [0, 0.1) is 0 Å². The molecule has 0 radical (unpaired) electrons. The Morgan fingerprint density at radius 2 is 1.81 bits per heavy atom. The van der Waals surface area contributed by atoms with E-state index in [2.05, 4.69) is 4.90 Å². The predicted molar refractivity (Wildman–Crippen MR) is 105 cm³/mol. The highest BCUT2D eigenvalue weighted by molar-refractivity contribution is 6.32. The van der Waals surface area contributed by atoms with E-state index in [1.807, 2.05) is 42.5 Å². The van der Waals surface area contributed by atoms with Gasteiger partial charge in [0.15, 0.2) is 0 Å². The molecule has 4 rings (SSSR count). The van der Waals surface area contributed by atoms with Gasteiger partial charge in [-0.25, -0.2) is 0 Å². The van der Waals surface area contributed by atoms with E-state index >= 15 is 0 Å². The van der Waals surface area contributed by atoms with Crippen molar-refractivity contribution in [1.82, 2.24) is 4.57 Å². The SMILES string of the molecule is O=c1ccccn1-c1ccc(C2COCN2c2ccc(Cl)cc2)cc1Cl. The van der Waals surface area contributed by atoms with Crippen molar-refractivity contribution >= 4 is 28.9 Å². The van der Waals surface area contributed by atoms with Crippen LogP contribution in [-0.2, 0) is 4.74 Å². The van der Waals surface area contributed by atoms with E-state index in [0.29, 0.717) is 29.1 Å². The summed E-state index contributed by atoms with van der Waals surface area (Å²) in [5.74, 6) is 0. The minimum atomic E-state index is -0.117. The molecule has 6 heteroatoms. The van der Waals surface area contributed by atoms with Crippen molar-refractivity contribution in [2.24, 2.45) is 0 Å². The maximum absolute atomic E-state index is 12.0. The van der Waals surface area contributed by atoms with Crippen LogP contribution in [0.4, 0.5) is 5.69 Å². The number of hydrogen-bond acceptors (Lipinski definition) is 3. The molecular formula is C20H16Cl2N2O2. The van der Waals surface area contributed by atoms with Crippen LogP contribution < -0.4 is 10.5 Å². The molecule has 0 aliphatic carbocycles. The van der Waals surface area contributed by atoms with Crippen molar-refractivity contribution in [3.63, 3.8) is 0 Å². The highest BCUT2D eigenvalue weighted by atomic mass is 35.5. The van der Waals surface area contributed by atoms with Crippen LogP contribution in [0.3, 0.4) is 0 Å². The first-order chi connectivity index (χ1) is 12.6. The molecule has 1 aliphatic rings. The minimum Gasteiger partial charge on any atom is -0.359 e. The van der Waals surface area contributed by atoms with Gasteiger partial charge in [0.1, 0.15) is 6.73 Å². The lowest BCUT2D eigenvalue weighted by molar-refractivity contribution is 0.194. The standard InChI is InChI=1S/C20H16Cl2N2O2/c21-15-5-7-16(8-6-15)24-13-26-12-19(24)14-4-9-18(17(22)11-14)23-10-2-1-3-20(23)25/h1-11,19H,12-13H2. The van der Waals surface area contributed by atoms with Crippen LogP contribution in [0.5, 0.6) is 0 Å². The number of halogens is 2. The summed E-state index contributed by atoms with van der Waals surface area (Å²) < 4.78 is 7.21. The van der Waals surface area contributed by atoms with Gasteiger partial charge in [-0.3, -0.25) is 9.36 Å². The van der Waals surface area contributed by atoms with E-state index in [-0.39, 0.29) is 11.6 Å². The molecule has 1 aliphatic heterocycles. The van der Waals surface area contributed by atoms with E-state index in [9.17, 15) is 4.79 Å². The fraction of sp³-hybridized carbons (Fsp3) is 0.150. The molecule has 2 aromatic carbocycles. The molecule has 2 heterocycles. The van der Waals surface area contributed by atoms with Gasteiger partial charge < -0.3 is 9.64 Å². The Morgan fingerprint density at radius 3 is 2.54 bits per heavy atom. The lowest BCUT2D eigenvalue weighted by Gasteiger charge is -2.25. The van der Waals surface area contributed by atoms with Crippen LogP contribution >= 0.6 is 23.2 Å². The van der Waals surface area contributed by atoms with Gasteiger partial charge in [0.25, 0.3) is 5.56 Å². The molecule has 0 saturated carbocycles. The van der Waals surface area contributed by atoms with Crippen molar-refractivity contribution in [2.45, 2.75) is 6.04 Å². The number of ether oxygens (including phenoxy) is 1. The Bertz CT molecular complexity index is 986. The van der Waals surface area contributed by atoms with Gasteiger partial charge in [0.2, 0.25) is 0 Å². The zero-order valence-corrected chi connectivity index (χ0v) is 15.3. The van der Waals surface area contributed by atoms with E-state index in [4.69, 9.17) is 27.9 Å². The Morgan fingerprint density at radius 1 is 1.00 bits per heavy atom. The summed E-state index contributed by atoms with van der Waals surface area (Å²) in [4.78, 5) is 14.2. The van der Waals surface area contributed by atoms with Crippen molar-refractivity contribution in [3.8, 4) is 5.69 Å². The second kappa shape index (κ2) is 7.16. The van der Waals surface area contributed by atoms with Crippen molar-refractivity contribution < 1.29 is 4.74 Å². The molecule has 0 spiro atoms. The second-order valence-electron chi connectivity index (χ2n) is 6.08.